The van der Waals surface area contributed by atoms with Gasteiger partial charge in [0.2, 0.25) is 0 Å². The van der Waals surface area contributed by atoms with Gasteiger partial charge in [-0.05, 0) is 57.9 Å². The highest BCUT2D eigenvalue weighted by Crippen LogP contribution is 2.33. The van der Waals surface area contributed by atoms with E-state index in [0.29, 0.717) is 6.54 Å². The van der Waals surface area contributed by atoms with Gasteiger partial charge in [0.1, 0.15) is 0 Å². The predicted octanol–water partition coefficient (Wildman–Crippen LogP) is 4.29. The van der Waals surface area contributed by atoms with Crippen molar-refractivity contribution in [2.75, 3.05) is 6.54 Å². The normalized spacial score (nSPS) is 27.6. The SMILES string of the molecule is CCC1CCC(O)(CNC(C)c2cc(C)cc(C)c2)CC1. The fraction of sp³-hybridized carbons (Fsp3) is 0.684. The molecule has 1 aromatic carbocycles. The van der Waals surface area contributed by atoms with Gasteiger partial charge in [0.25, 0.3) is 0 Å². The molecule has 0 aliphatic heterocycles. The second kappa shape index (κ2) is 6.93. The molecule has 1 atom stereocenters. The summed E-state index contributed by atoms with van der Waals surface area (Å²) in [6, 6.07) is 6.97. The average Bonchev–Trinajstić information content (AvgIpc) is 2.45. The summed E-state index contributed by atoms with van der Waals surface area (Å²) >= 11 is 0. The van der Waals surface area contributed by atoms with Crippen LogP contribution in [0.5, 0.6) is 0 Å². The van der Waals surface area contributed by atoms with E-state index < -0.39 is 5.60 Å². The number of rotatable bonds is 5. The predicted molar refractivity (Wildman–Crippen MR) is 89.5 cm³/mol. The molecule has 2 heteroatoms. The van der Waals surface area contributed by atoms with Crippen LogP contribution in [0.25, 0.3) is 0 Å². The lowest BCUT2D eigenvalue weighted by Crippen LogP contribution is -2.44. The van der Waals surface area contributed by atoms with Crippen LogP contribution in [0.15, 0.2) is 18.2 Å². The van der Waals surface area contributed by atoms with Crippen molar-refractivity contribution in [3.05, 3.63) is 34.9 Å². The molecule has 1 unspecified atom stereocenters. The Morgan fingerprint density at radius 3 is 2.29 bits per heavy atom. The van der Waals surface area contributed by atoms with Crippen molar-refractivity contribution in [1.82, 2.24) is 5.32 Å². The zero-order chi connectivity index (χ0) is 15.5. The van der Waals surface area contributed by atoms with Crippen molar-refractivity contribution in [2.24, 2.45) is 5.92 Å². The second-order valence-electron chi connectivity index (χ2n) is 7.10. The first-order chi connectivity index (χ1) is 9.92. The molecule has 1 aromatic rings. The van der Waals surface area contributed by atoms with E-state index in [0.717, 1.165) is 18.8 Å². The van der Waals surface area contributed by atoms with Gasteiger partial charge >= 0.3 is 0 Å². The van der Waals surface area contributed by atoms with Crippen LogP contribution in [-0.4, -0.2) is 17.3 Å². The van der Waals surface area contributed by atoms with Crippen molar-refractivity contribution in [3.63, 3.8) is 0 Å². The maximum absolute atomic E-state index is 10.7. The molecule has 1 saturated carbocycles. The third-order valence-electron chi connectivity index (χ3n) is 5.09. The summed E-state index contributed by atoms with van der Waals surface area (Å²) in [6.07, 6.45) is 5.48. The lowest BCUT2D eigenvalue weighted by molar-refractivity contribution is -0.0103. The van der Waals surface area contributed by atoms with E-state index in [1.54, 1.807) is 0 Å². The number of aliphatic hydroxyl groups is 1. The summed E-state index contributed by atoms with van der Waals surface area (Å²) in [7, 11) is 0. The molecule has 0 bridgehead atoms. The molecule has 2 nitrogen and oxygen atoms in total. The maximum atomic E-state index is 10.7. The fourth-order valence-corrected chi connectivity index (χ4v) is 3.52. The van der Waals surface area contributed by atoms with E-state index in [4.69, 9.17) is 0 Å². The third kappa shape index (κ3) is 4.55. The molecular formula is C19H31NO. The standard InChI is InChI=1S/C19H31NO/c1-5-17-6-8-19(21,9-7-17)13-20-16(4)18-11-14(2)10-15(3)12-18/h10-12,16-17,20-21H,5-9,13H2,1-4H3. The van der Waals surface area contributed by atoms with Crippen molar-refractivity contribution in [2.45, 2.75) is 71.4 Å². The van der Waals surface area contributed by atoms with Crippen LogP contribution in [0.3, 0.4) is 0 Å². The van der Waals surface area contributed by atoms with Gasteiger partial charge in [-0.15, -0.1) is 0 Å². The van der Waals surface area contributed by atoms with Gasteiger partial charge in [-0.25, -0.2) is 0 Å². The molecule has 0 saturated heterocycles. The highest BCUT2D eigenvalue weighted by molar-refractivity contribution is 5.30. The monoisotopic (exact) mass is 289 g/mol. The Balaban J connectivity index is 1.90. The number of hydrogen-bond donors (Lipinski definition) is 2. The lowest BCUT2D eigenvalue weighted by atomic mass is 9.77. The third-order valence-corrected chi connectivity index (χ3v) is 5.09. The molecule has 1 fully saturated rings. The van der Waals surface area contributed by atoms with Gasteiger partial charge in [-0.2, -0.15) is 0 Å². The van der Waals surface area contributed by atoms with Crippen molar-refractivity contribution < 1.29 is 5.11 Å². The smallest absolute Gasteiger partial charge is 0.0772 e. The van der Waals surface area contributed by atoms with Crippen LogP contribution in [0.1, 0.15) is 68.7 Å². The van der Waals surface area contributed by atoms with Gasteiger partial charge in [0, 0.05) is 12.6 Å². The van der Waals surface area contributed by atoms with Crippen molar-refractivity contribution in [1.29, 1.82) is 0 Å². The summed E-state index contributed by atoms with van der Waals surface area (Å²) in [6.45, 7) is 9.44. The molecule has 0 aromatic heterocycles. The summed E-state index contributed by atoms with van der Waals surface area (Å²) < 4.78 is 0. The van der Waals surface area contributed by atoms with Crippen molar-refractivity contribution in [3.8, 4) is 0 Å². The van der Waals surface area contributed by atoms with Gasteiger partial charge in [0.05, 0.1) is 5.60 Å². The zero-order valence-electron chi connectivity index (χ0n) is 14.1. The second-order valence-corrected chi connectivity index (χ2v) is 7.10. The quantitative estimate of drug-likeness (QED) is 0.847. The maximum Gasteiger partial charge on any atom is 0.0772 e. The fourth-order valence-electron chi connectivity index (χ4n) is 3.52. The Kier molecular flexibility index (Phi) is 5.45. The Hall–Kier alpha value is -0.860. The van der Waals surface area contributed by atoms with E-state index >= 15 is 0 Å². The molecule has 0 amide bonds. The molecule has 1 aliphatic carbocycles. The number of nitrogens with one attached hydrogen (secondary N) is 1. The van der Waals surface area contributed by atoms with Crippen LogP contribution >= 0.6 is 0 Å². The largest absolute Gasteiger partial charge is 0.389 e. The highest BCUT2D eigenvalue weighted by Gasteiger charge is 2.32. The highest BCUT2D eigenvalue weighted by atomic mass is 16.3. The lowest BCUT2D eigenvalue weighted by Gasteiger charge is -2.36. The van der Waals surface area contributed by atoms with Crippen LogP contribution in [0.4, 0.5) is 0 Å². The summed E-state index contributed by atoms with van der Waals surface area (Å²) in [5, 5.41) is 14.3. The van der Waals surface area contributed by atoms with E-state index in [9.17, 15) is 5.11 Å². The minimum absolute atomic E-state index is 0.288. The van der Waals surface area contributed by atoms with Gasteiger partial charge in [-0.1, -0.05) is 42.7 Å². The molecule has 0 heterocycles. The molecule has 21 heavy (non-hydrogen) atoms. The van der Waals surface area contributed by atoms with Gasteiger partial charge in [-0.3, -0.25) is 0 Å². The summed E-state index contributed by atoms with van der Waals surface area (Å²) in [5.41, 5.74) is 3.43. The molecule has 118 valence electrons. The molecule has 2 N–H and O–H groups in total. The molecule has 2 rings (SSSR count). The molecule has 0 spiro atoms. The number of aryl methyl sites for hydroxylation is 2. The Bertz CT molecular complexity index is 440. The summed E-state index contributed by atoms with van der Waals surface area (Å²) in [5.74, 6) is 0.821. The van der Waals surface area contributed by atoms with E-state index in [1.807, 2.05) is 0 Å². The Labute approximate surface area is 130 Å². The average molecular weight is 289 g/mol. The topological polar surface area (TPSA) is 32.3 Å². The van der Waals surface area contributed by atoms with E-state index in [1.165, 1.54) is 36.0 Å². The van der Waals surface area contributed by atoms with E-state index in [2.05, 4.69) is 51.2 Å². The first-order valence-corrected chi connectivity index (χ1v) is 8.46. The minimum atomic E-state index is -0.501. The Morgan fingerprint density at radius 1 is 1.19 bits per heavy atom. The van der Waals surface area contributed by atoms with E-state index in [-0.39, 0.29) is 6.04 Å². The van der Waals surface area contributed by atoms with Crippen LogP contribution < -0.4 is 5.32 Å². The van der Waals surface area contributed by atoms with Gasteiger partial charge < -0.3 is 10.4 Å². The first kappa shape index (κ1) is 16.5. The van der Waals surface area contributed by atoms with Crippen LogP contribution in [-0.2, 0) is 0 Å². The number of benzene rings is 1. The van der Waals surface area contributed by atoms with Gasteiger partial charge in [0.15, 0.2) is 0 Å². The van der Waals surface area contributed by atoms with Crippen LogP contribution in [0, 0.1) is 19.8 Å². The minimum Gasteiger partial charge on any atom is -0.389 e. The summed E-state index contributed by atoms with van der Waals surface area (Å²) in [4.78, 5) is 0. The molecular weight excluding hydrogens is 258 g/mol. The zero-order valence-corrected chi connectivity index (χ0v) is 14.1. The molecule has 0 radical (unpaired) electrons. The van der Waals surface area contributed by atoms with Crippen molar-refractivity contribution >= 4 is 0 Å². The van der Waals surface area contributed by atoms with Crippen LogP contribution in [0.2, 0.25) is 0 Å². The Morgan fingerprint density at radius 2 is 1.76 bits per heavy atom. The molecule has 1 aliphatic rings. The number of hydrogen-bond acceptors (Lipinski definition) is 2. The first-order valence-electron chi connectivity index (χ1n) is 8.46.